The molecule has 2 bridgehead atoms. The highest BCUT2D eigenvalue weighted by Gasteiger charge is 2.69. The van der Waals surface area contributed by atoms with Crippen LogP contribution >= 0.6 is 23.1 Å². The number of imide groups is 1. The van der Waals surface area contributed by atoms with Crippen LogP contribution in [0.4, 0.5) is 15.8 Å². The minimum Gasteiger partial charge on any atom is -0.497 e. The predicted octanol–water partition coefficient (Wildman–Crippen LogP) is 5.29. The lowest BCUT2D eigenvalue weighted by atomic mass is 9.68. The first kappa shape index (κ1) is 30.7. The molecule has 10 nitrogen and oxygen atoms in total. The van der Waals surface area contributed by atoms with Gasteiger partial charge in [0.25, 0.3) is 5.91 Å². The molecule has 8 rings (SSSR count). The Morgan fingerprint density at radius 3 is 2.38 bits per heavy atom. The summed E-state index contributed by atoms with van der Waals surface area (Å²) in [5.74, 6) is -1.08. The van der Waals surface area contributed by atoms with Gasteiger partial charge in [0.15, 0.2) is 18.1 Å². The zero-order valence-corrected chi connectivity index (χ0v) is 27.4. The minimum absolute atomic E-state index is 0.00693. The van der Waals surface area contributed by atoms with E-state index in [0.717, 1.165) is 21.9 Å². The fourth-order valence-corrected chi connectivity index (χ4v) is 11.1. The van der Waals surface area contributed by atoms with Gasteiger partial charge in [0.1, 0.15) is 11.6 Å². The van der Waals surface area contributed by atoms with E-state index in [1.807, 2.05) is 12.1 Å². The van der Waals surface area contributed by atoms with Gasteiger partial charge in [-0.3, -0.25) is 24.1 Å². The second kappa shape index (κ2) is 11.8. The molecule has 7 atom stereocenters. The van der Waals surface area contributed by atoms with Crippen molar-refractivity contribution in [3.05, 3.63) is 92.7 Å². The third-order valence-corrected chi connectivity index (χ3v) is 12.7. The molecule has 3 fully saturated rings. The van der Waals surface area contributed by atoms with E-state index in [4.69, 9.17) is 14.2 Å². The first-order valence-electron chi connectivity index (χ1n) is 15.5. The first-order chi connectivity index (χ1) is 23.2. The number of aromatic nitrogens is 1. The maximum atomic E-state index is 13.9. The summed E-state index contributed by atoms with van der Waals surface area (Å²) in [5.41, 5.74) is 1.88. The summed E-state index contributed by atoms with van der Waals surface area (Å²) in [5, 5.41) is 3.59. The molecule has 3 heterocycles. The molecule has 13 heteroatoms. The van der Waals surface area contributed by atoms with Crippen LogP contribution in [0.2, 0.25) is 0 Å². The number of hydrogen-bond donors (Lipinski definition) is 2. The van der Waals surface area contributed by atoms with Gasteiger partial charge < -0.3 is 24.5 Å². The minimum atomic E-state index is -0.483. The summed E-state index contributed by atoms with van der Waals surface area (Å²) in [7, 11) is 3.10. The summed E-state index contributed by atoms with van der Waals surface area (Å²) in [6, 6.07) is 18.0. The number of nitrogens with zero attached hydrogens (tertiary/aromatic N) is 1. The highest BCUT2D eigenvalue weighted by atomic mass is 32.2. The Kier molecular flexibility index (Phi) is 7.55. The van der Waals surface area contributed by atoms with Gasteiger partial charge >= 0.3 is 4.87 Å². The number of thioether (sulfide) groups is 1. The summed E-state index contributed by atoms with van der Waals surface area (Å²) < 4.78 is 30.4. The van der Waals surface area contributed by atoms with Crippen molar-refractivity contribution in [3.8, 4) is 17.2 Å². The summed E-state index contributed by atoms with van der Waals surface area (Å²) >= 11 is 2.77. The number of carbonyl (C=O) groups is 3. The standard InChI is InChI=1S/C35H30FN3O7S2/c1-44-20-10-6-18(7-11-20)37-25(40)15-46-23-12-3-16(13-24(23)45-2)26-27-21-14-22(30(27)47-32-31(26)48-35(43)38-32)29-28(21)33(41)39(34(29)42)19-8-4-17(36)5-9-19/h3-13,21-22,26-30H,14-15H2,1-2H3,(H,37,40)(H,38,43)/t21-,22-,26+,27-,28+,29+,30-/m1/s1. The fraction of sp³-hybridized carbons (Fsp3) is 0.314. The maximum absolute atomic E-state index is 13.9. The average molecular weight is 688 g/mol. The van der Waals surface area contributed by atoms with Gasteiger partial charge in [-0.15, -0.1) is 11.8 Å². The van der Waals surface area contributed by atoms with Crippen molar-refractivity contribution >= 4 is 52.2 Å². The van der Waals surface area contributed by atoms with Crippen LogP contribution in [0.3, 0.4) is 0 Å². The van der Waals surface area contributed by atoms with Gasteiger partial charge in [-0.25, -0.2) is 4.39 Å². The van der Waals surface area contributed by atoms with Gasteiger partial charge in [-0.05, 0) is 90.4 Å². The molecule has 3 aromatic carbocycles. The lowest BCUT2D eigenvalue weighted by molar-refractivity contribution is -0.123. The quantitative estimate of drug-likeness (QED) is 0.240. The lowest BCUT2D eigenvalue weighted by Crippen LogP contribution is -2.42. The van der Waals surface area contributed by atoms with E-state index in [1.165, 1.54) is 47.6 Å². The van der Waals surface area contributed by atoms with Crippen molar-refractivity contribution in [3.63, 3.8) is 0 Å². The molecule has 0 unspecified atom stereocenters. The molecule has 2 N–H and O–H groups in total. The maximum Gasteiger partial charge on any atom is 0.305 e. The molecule has 1 aromatic heterocycles. The van der Waals surface area contributed by atoms with Gasteiger partial charge in [0.2, 0.25) is 11.8 Å². The number of amides is 3. The number of aromatic amines is 1. The summed E-state index contributed by atoms with van der Waals surface area (Å²) in [6.07, 6.45) is 0.740. The molecule has 4 aliphatic rings. The number of methoxy groups -OCH3 is 2. The second-order valence-corrected chi connectivity index (χ2v) is 14.6. The monoisotopic (exact) mass is 687 g/mol. The summed E-state index contributed by atoms with van der Waals surface area (Å²) in [6.45, 7) is -0.246. The second-order valence-electron chi connectivity index (χ2n) is 12.4. The average Bonchev–Trinajstić information content (AvgIpc) is 3.83. The van der Waals surface area contributed by atoms with E-state index in [1.54, 1.807) is 49.2 Å². The van der Waals surface area contributed by atoms with Crippen molar-refractivity contribution in [1.29, 1.82) is 0 Å². The van der Waals surface area contributed by atoms with Crippen LogP contribution in [0.15, 0.2) is 76.6 Å². The Morgan fingerprint density at radius 1 is 0.938 bits per heavy atom. The van der Waals surface area contributed by atoms with Crippen LogP contribution in [0.1, 0.15) is 22.8 Å². The third-order valence-electron chi connectivity index (χ3n) is 10.1. The molecule has 2 aliphatic heterocycles. The Labute approximate surface area is 282 Å². The normalized spacial score (nSPS) is 26.6. The van der Waals surface area contributed by atoms with E-state index in [2.05, 4.69) is 10.3 Å². The number of fused-ring (bicyclic) bond motifs is 9. The van der Waals surface area contributed by atoms with Crippen LogP contribution in [-0.2, 0) is 14.4 Å². The van der Waals surface area contributed by atoms with Gasteiger partial charge in [-0.1, -0.05) is 17.4 Å². The molecule has 2 saturated carbocycles. The first-order valence-corrected chi connectivity index (χ1v) is 17.2. The Morgan fingerprint density at radius 2 is 1.67 bits per heavy atom. The van der Waals surface area contributed by atoms with Crippen molar-refractivity contribution in [2.75, 3.05) is 31.0 Å². The fourth-order valence-electron chi connectivity index (χ4n) is 8.25. The van der Waals surface area contributed by atoms with Gasteiger partial charge in [0.05, 0.1) is 36.8 Å². The number of nitrogens with one attached hydrogen (secondary N) is 2. The van der Waals surface area contributed by atoms with Crippen molar-refractivity contribution < 1.29 is 33.0 Å². The molecule has 3 amide bonds. The van der Waals surface area contributed by atoms with Crippen molar-refractivity contribution in [1.82, 2.24) is 4.98 Å². The predicted molar refractivity (Wildman–Crippen MR) is 178 cm³/mol. The zero-order valence-electron chi connectivity index (χ0n) is 25.8. The highest BCUT2D eigenvalue weighted by molar-refractivity contribution is 8.00. The van der Waals surface area contributed by atoms with Crippen LogP contribution in [0.5, 0.6) is 17.2 Å². The molecular formula is C35H30FN3O7S2. The molecule has 0 spiro atoms. The number of benzene rings is 3. The van der Waals surface area contributed by atoms with Crippen LogP contribution in [-0.4, -0.2) is 48.8 Å². The summed E-state index contributed by atoms with van der Waals surface area (Å²) in [4.78, 5) is 58.0. The molecule has 246 valence electrons. The van der Waals surface area contributed by atoms with Crippen molar-refractivity contribution in [2.24, 2.45) is 29.6 Å². The van der Waals surface area contributed by atoms with E-state index in [0.29, 0.717) is 28.6 Å². The third kappa shape index (κ3) is 4.90. The molecule has 0 radical (unpaired) electrons. The van der Waals surface area contributed by atoms with E-state index >= 15 is 0 Å². The molecule has 2 aliphatic carbocycles. The van der Waals surface area contributed by atoms with Crippen LogP contribution in [0, 0.1) is 35.4 Å². The lowest BCUT2D eigenvalue weighted by Gasteiger charge is -2.43. The topological polar surface area (TPSA) is 127 Å². The Balaban J connectivity index is 1.07. The van der Waals surface area contributed by atoms with E-state index in [9.17, 15) is 23.6 Å². The van der Waals surface area contributed by atoms with Crippen LogP contribution in [0.25, 0.3) is 0 Å². The largest absolute Gasteiger partial charge is 0.497 e. The van der Waals surface area contributed by atoms with E-state index < -0.39 is 17.7 Å². The number of H-pyrrole nitrogens is 1. The number of anilines is 2. The van der Waals surface area contributed by atoms with E-state index in [-0.39, 0.29) is 58.1 Å². The number of thiazole rings is 1. The molecule has 1 saturated heterocycles. The van der Waals surface area contributed by atoms with Crippen molar-refractivity contribution in [2.45, 2.75) is 22.6 Å². The van der Waals surface area contributed by atoms with Crippen LogP contribution < -0.4 is 29.3 Å². The smallest absolute Gasteiger partial charge is 0.305 e. The molecule has 48 heavy (non-hydrogen) atoms. The van der Waals surface area contributed by atoms with Gasteiger partial charge in [-0.2, -0.15) is 0 Å². The molecule has 4 aromatic rings. The number of hydrogen-bond acceptors (Lipinski definition) is 9. The van der Waals surface area contributed by atoms with Gasteiger partial charge in [0, 0.05) is 21.7 Å². The number of carbonyl (C=O) groups excluding carboxylic acids is 3. The Bertz CT molecular complexity index is 2000. The number of ether oxygens (including phenoxy) is 3. The number of rotatable bonds is 8. The SMILES string of the molecule is COc1ccc(NC(=O)COc2ccc([C@@H]3c4sc(=O)[nH]c4S[C@@H]4[C@@H]5C[C@@H]([C@@H]6C(=O)N(c7ccc(F)cc7)C(=O)[C@@H]56)[C@H]34)cc2OC)cc1. The highest BCUT2D eigenvalue weighted by Crippen LogP contribution is 2.68. The molecular weight excluding hydrogens is 658 g/mol. The Hall–Kier alpha value is -4.62. The zero-order chi connectivity index (χ0) is 33.3. The number of halogens is 1.